The van der Waals surface area contributed by atoms with Gasteiger partial charge in [-0.2, -0.15) is 0 Å². The summed E-state index contributed by atoms with van der Waals surface area (Å²) in [7, 11) is 2.03. The quantitative estimate of drug-likeness (QED) is 0.590. The normalized spacial score (nSPS) is 15.0. The molecule has 4 nitrogen and oxygen atoms in total. The minimum absolute atomic E-state index is 0.264. The monoisotopic (exact) mass is 358 g/mol. The number of imide groups is 1. The van der Waals surface area contributed by atoms with E-state index in [0.717, 1.165) is 21.2 Å². The summed E-state index contributed by atoms with van der Waals surface area (Å²) in [5.74, 6) is -0.528. The number of hydrogen-bond donors (Lipinski definition) is 0. The fourth-order valence-electron chi connectivity index (χ4n) is 3.49. The van der Waals surface area contributed by atoms with E-state index in [0.29, 0.717) is 16.8 Å². The van der Waals surface area contributed by atoms with Gasteiger partial charge in [-0.15, -0.1) is 0 Å². The lowest BCUT2D eigenvalue weighted by atomic mass is 10.1. The van der Waals surface area contributed by atoms with Gasteiger partial charge in [0.2, 0.25) is 0 Å². The van der Waals surface area contributed by atoms with Crippen LogP contribution in [0.4, 0.5) is 17.1 Å². The van der Waals surface area contributed by atoms with Gasteiger partial charge in [-0.25, -0.2) is 4.90 Å². The highest BCUT2D eigenvalue weighted by molar-refractivity contribution is 7.99. The Kier molecular flexibility index (Phi) is 3.21. The van der Waals surface area contributed by atoms with Crippen molar-refractivity contribution >= 4 is 40.6 Å². The number of para-hydroxylation sites is 1. The average Bonchev–Trinajstić information content (AvgIpc) is 2.93. The van der Waals surface area contributed by atoms with Gasteiger partial charge in [-0.1, -0.05) is 36.0 Å². The lowest BCUT2D eigenvalue weighted by Crippen LogP contribution is -2.29. The van der Waals surface area contributed by atoms with Crippen molar-refractivity contribution in [3.05, 3.63) is 77.9 Å². The second-order valence-corrected chi connectivity index (χ2v) is 7.36. The first-order valence-corrected chi connectivity index (χ1v) is 9.09. The molecule has 126 valence electrons. The van der Waals surface area contributed by atoms with Crippen molar-refractivity contribution in [1.82, 2.24) is 0 Å². The summed E-state index contributed by atoms with van der Waals surface area (Å²) in [6.45, 7) is 0. The highest BCUT2D eigenvalue weighted by Crippen LogP contribution is 2.48. The fourth-order valence-corrected chi connectivity index (χ4v) is 4.68. The molecule has 5 heteroatoms. The lowest BCUT2D eigenvalue weighted by molar-refractivity contribution is 0.0926. The van der Waals surface area contributed by atoms with Gasteiger partial charge in [0.05, 0.1) is 28.2 Å². The molecule has 2 heterocycles. The minimum atomic E-state index is -0.264. The molecule has 3 aromatic carbocycles. The summed E-state index contributed by atoms with van der Waals surface area (Å²) < 4.78 is 0. The molecule has 0 radical (unpaired) electrons. The van der Waals surface area contributed by atoms with Crippen LogP contribution in [0.25, 0.3) is 0 Å². The molecule has 0 N–H and O–H groups in total. The predicted octanol–water partition coefficient (Wildman–Crippen LogP) is 4.72. The smallest absolute Gasteiger partial charge is 0.266 e. The number of carbonyl (C=O) groups excluding carboxylic acids is 2. The molecule has 5 rings (SSSR count). The highest BCUT2D eigenvalue weighted by atomic mass is 32.2. The van der Waals surface area contributed by atoms with E-state index in [9.17, 15) is 9.59 Å². The number of fused-ring (bicyclic) bond motifs is 3. The van der Waals surface area contributed by atoms with Crippen LogP contribution in [0.3, 0.4) is 0 Å². The maximum atomic E-state index is 12.7. The van der Waals surface area contributed by atoms with Crippen LogP contribution in [0.5, 0.6) is 0 Å². The number of anilines is 3. The van der Waals surface area contributed by atoms with E-state index in [1.165, 1.54) is 4.90 Å². The van der Waals surface area contributed by atoms with E-state index in [1.54, 1.807) is 36.0 Å². The van der Waals surface area contributed by atoms with Crippen LogP contribution < -0.4 is 9.80 Å². The largest absolute Gasteiger partial charge is 0.343 e. The van der Waals surface area contributed by atoms with E-state index in [4.69, 9.17) is 0 Å². The molecule has 0 aromatic heterocycles. The second kappa shape index (κ2) is 5.47. The van der Waals surface area contributed by atoms with Crippen LogP contribution in [0.1, 0.15) is 20.7 Å². The molecule has 0 saturated carbocycles. The summed E-state index contributed by atoms with van der Waals surface area (Å²) in [5, 5.41) is 0. The highest BCUT2D eigenvalue weighted by Gasteiger charge is 2.36. The van der Waals surface area contributed by atoms with Crippen LogP contribution in [-0.4, -0.2) is 18.9 Å². The topological polar surface area (TPSA) is 40.6 Å². The summed E-state index contributed by atoms with van der Waals surface area (Å²) in [6.07, 6.45) is 0. The van der Waals surface area contributed by atoms with Crippen LogP contribution >= 0.6 is 11.8 Å². The molecule has 0 fully saturated rings. The first kappa shape index (κ1) is 15.2. The van der Waals surface area contributed by atoms with Crippen LogP contribution in [0.2, 0.25) is 0 Å². The number of amides is 2. The zero-order chi connectivity index (χ0) is 17.8. The Balaban J connectivity index is 1.58. The molecule has 26 heavy (non-hydrogen) atoms. The zero-order valence-corrected chi connectivity index (χ0v) is 14.8. The molecule has 2 aliphatic heterocycles. The summed E-state index contributed by atoms with van der Waals surface area (Å²) in [5.41, 5.74) is 3.75. The van der Waals surface area contributed by atoms with Gasteiger partial charge < -0.3 is 4.90 Å². The number of nitrogens with zero attached hydrogens (tertiary/aromatic N) is 2. The minimum Gasteiger partial charge on any atom is -0.343 e. The Morgan fingerprint density at radius 2 is 1.35 bits per heavy atom. The average molecular weight is 358 g/mol. The third-order valence-electron chi connectivity index (χ3n) is 4.80. The number of carbonyl (C=O) groups is 2. The lowest BCUT2D eigenvalue weighted by Gasteiger charge is -2.30. The summed E-state index contributed by atoms with van der Waals surface area (Å²) in [6, 6.07) is 20.9. The second-order valence-electron chi connectivity index (χ2n) is 6.27. The Hall–Kier alpha value is -3.05. The molecule has 2 aliphatic rings. The Morgan fingerprint density at radius 1 is 0.731 bits per heavy atom. The first-order chi connectivity index (χ1) is 12.6. The first-order valence-electron chi connectivity index (χ1n) is 8.27. The third-order valence-corrected chi connectivity index (χ3v) is 5.92. The molecular weight excluding hydrogens is 344 g/mol. The van der Waals surface area contributed by atoms with E-state index < -0.39 is 0 Å². The number of rotatable bonds is 1. The Bertz CT molecular complexity index is 1060. The van der Waals surface area contributed by atoms with E-state index >= 15 is 0 Å². The van der Waals surface area contributed by atoms with Crippen molar-refractivity contribution in [2.75, 3.05) is 16.8 Å². The standard InChI is InChI=1S/C21H14N2O2S/c1-22-16-8-4-5-9-18(16)26-19-12-13(10-11-17(19)22)23-20(24)14-6-2-3-7-15(14)21(23)25/h2-12H,1H3. The molecule has 0 atom stereocenters. The fraction of sp³-hybridized carbons (Fsp3) is 0.0476. The molecule has 3 aromatic rings. The molecule has 0 saturated heterocycles. The van der Waals surface area contributed by atoms with Crippen molar-refractivity contribution in [1.29, 1.82) is 0 Å². The van der Waals surface area contributed by atoms with Crippen LogP contribution in [0.15, 0.2) is 76.5 Å². The molecule has 0 spiro atoms. The molecule has 2 amide bonds. The SMILES string of the molecule is CN1c2ccccc2Sc2cc(N3C(=O)c4ccccc4C3=O)ccc21. The molecule has 0 unspecified atom stereocenters. The van der Waals surface area contributed by atoms with E-state index in [-0.39, 0.29) is 11.8 Å². The maximum absolute atomic E-state index is 12.7. The van der Waals surface area contributed by atoms with Crippen LogP contribution in [-0.2, 0) is 0 Å². The number of hydrogen-bond acceptors (Lipinski definition) is 4. The van der Waals surface area contributed by atoms with Crippen molar-refractivity contribution in [2.45, 2.75) is 9.79 Å². The van der Waals surface area contributed by atoms with Crippen molar-refractivity contribution in [3.63, 3.8) is 0 Å². The summed E-state index contributed by atoms with van der Waals surface area (Å²) in [4.78, 5) is 31.0. The van der Waals surface area contributed by atoms with Gasteiger partial charge in [-0.05, 0) is 42.5 Å². The van der Waals surface area contributed by atoms with E-state index in [2.05, 4.69) is 17.0 Å². The maximum Gasteiger partial charge on any atom is 0.266 e. The van der Waals surface area contributed by atoms with Gasteiger partial charge in [0.15, 0.2) is 0 Å². The van der Waals surface area contributed by atoms with E-state index in [1.807, 2.05) is 37.4 Å². The van der Waals surface area contributed by atoms with Gasteiger partial charge in [-0.3, -0.25) is 9.59 Å². The molecular formula is C21H14N2O2S. The number of benzene rings is 3. The molecule has 0 aliphatic carbocycles. The van der Waals surface area contributed by atoms with Crippen LogP contribution in [0, 0.1) is 0 Å². The van der Waals surface area contributed by atoms with Gasteiger partial charge in [0.1, 0.15) is 0 Å². The van der Waals surface area contributed by atoms with Crippen molar-refractivity contribution in [3.8, 4) is 0 Å². The van der Waals surface area contributed by atoms with Crippen molar-refractivity contribution < 1.29 is 9.59 Å². The van der Waals surface area contributed by atoms with Gasteiger partial charge in [0, 0.05) is 16.8 Å². The third kappa shape index (κ3) is 2.04. The predicted molar refractivity (Wildman–Crippen MR) is 103 cm³/mol. The Morgan fingerprint density at radius 3 is 2.08 bits per heavy atom. The van der Waals surface area contributed by atoms with Gasteiger partial charge >= 0.3 is 0 Å². The summed E-state index contributed by atoms with van der Waals surface area (Å²) >= 11 is 1.65. The van der Waals surface area contributed by atoms with Gasteiger partial charge in [0.25, 0.3) is 11.8 Å². The zero-order valence-electron chi connectivity index (χ0n) is 14.0. The Labute approximate surface area is 155 Å². The van der Waals surface area contributed by atoms with Crippen molar-refractivity contribution in [2.24, 2.45) is 0 Å². The molecule has 0 bridgehead atoms.